The summed E-state index contributed by atoms with van der Waals surface area (Å²) in [6.07, 6.45) is 1.52. The number of esters is 1. The number of hydrogen-bond donors (Lipinski definition) is 1. The minimum atomic E-state index is -0.502. The quantitative estimate of drug-likeness (QED) is 0.655. The largest absolute Gasteiger partial charge is 0.466 e. The Morgan fingerprint density at radius 1 is 1.19 bits per heavy atom. The number of aryl methyl sites for hydroxylation is 2. The lowest BCUT2D eigenvalue weighted by molar-refractivity contribution is -0.148. The molecule has 1 N–H and O–H groups in total. The number of benzene rings is 1. The van der Waals surface area contributed by atoms with Crippen molar-refractivity contribution in [2.24, 2.45) is 5.92 Å². The highest BCUT2D eigenvalue weighted by atomic mass is 16.5. The third-order valence-electron chi connectivity index (χ3n) is 4.73. The van der Waals surface area contributed by atoms with Crippen LogP contribution in [0.4, 0.5) is 17.1 Å². The molecule has 6 nitrogen and oxygen atoms in total. The summed E-state index contributed by atoms with van der Waals surface area (Å²) in [6, 6.07) is 5.92. The fourth-order valence-corrected chi connectivity index (χ4v) is 3.62. The maximum absolute atomic E-state index is 12.2. The SMILES string of the molecule is CCOC(=O)[C@H]1CCCN(c2c(Nc3cc(C)cc(C)c3)c(=O)c2=O)C1. The third kappa shape index (κ3) is 3.49. The summed E-state index contributed by atoms with van der Waals surface area (Å²) in [4.78, 5) is 38.2. The average molecular weight is 356 g/mol. The molecule has 0 saturated carbocycles. The standard InChI is InChI=1S/C20H24N2O4/c1-4-26-20(25)14-6-5-7-22(11-14)17-16(18(23)19(17)24)21-15-9-12(2)8-13(3)10-15/h8-10,14,21H,4-7,11H2,1-3H3/t14-/m0/s1. The van der Waals surface area contributed by atoms with Gasteiger partial charge in [0.05, 0.1) is 12.5 Å². The van der Waals surface area contributed by atoms with Crippen LogP contribution in [0.15, 0.2) is 27.8 Å². The van der Waals surface area contributed by atoms with E-state index < -0.39 is 10.9 Å². The van der Waals surface area contributed by atoms with E-state index in [1.54, 1.807) is 6.92 Å². The molecule has 1 fully saturated rings. The average Bonchev–Trinajstić information content (AvgIpc) is 2.60. The van der Waals surface area contributed by atoms with Crippen molar-refractivity contribution in [2.75, 3.05) is 29.9 Å². The van der Waals surface area contributed by atoms with Crippen LogP contribution in [0.1, 0.15) is 30.9 Å². The van der Waals surface area contributed by atoms with E-state index >= 15 is 0 Å². The van der Waals surface area contributed by atoms with Gasteiger partial charge >= 0.3 is 5.97 Å². The molecule has 0 spiro atoms. The van der Waals surface area contributed by atoms with Crippen molar-refractivity contribution < 1.29 is 9.53 Å². The Hall–Kier alpha value is -2.63. The van der Waals surface area contributed by atoms with Gasteiger partial charge in [-0.25, -0.2) is 0 Å². The number of nitrogens with one attached hydrogen (secondary N) is 1. The van der Waals surface area contributed by atoms with Crippen molar-refractivity contribution in [3.05, 3.63) is 49.8 Å². The Balaban J connectivity index is 1.83. The number of carbonyl (C=O) groups is 1. The number of rotatable bonds is 5. The van der Waals surface area contributed by atoms with E-state index in [1.165, 1.54) is 0 Å². The van der Waals surface area contributed by atoms with Gasteiger partial charge in [-0.15, -0.1) is 0 Å². The van der Waals surface area contributed by atoms with Gasteiger partial charge in [0.25, 0.3) is 10.9 Å². The van der Waals surface area contributed by atoms with Crippen LogP contribution in [0.3, 0.4) is 0 Å². The molecule has 3 rings (SSSR count). The number of hydrogen-bond acceptors (Lipinski definition) is 6. The van der Waals surface area contributed by atoms with E-state index in [0.29, 0.717) is 31.1 Å². The van der Waals surface area contributed by atoms with Crippen molar-refractivity contribution >= 4 is 23.0 Å². The first-order valence-electron chi connectivity index (χ1n) is 9.01. The summed E-state index contributed by atoms with van der Waals surface area (Å²) in [6.45, 7) is 7.15. The van der Waals surface area contributed by atoms with Crippen LogP contribution >= 0.6 is 0 Å². The number of piperidine rings is 1. The van der Waals surface area contributed by atoms with E-state index in [2.05, 4.69) is 5.32 Å². The van der Waals surface area contributed by atoms with Crippen molar-refractivity contribution in [1.82, 2.24) is 0 Å². The Labute approximate surface area is 152 Å². The monoisotopic (exact) mass is 356 g/mol. The normalized spacial score (nSPS) is 17.3. The first kappa shape index (κ1) is 18.2. The van der Waals surface area contributed by atoms with Crippen LogP contribution in [0.5, 0.6) is 0 Å². The van der Waals surface area contributed by atoms with Gasteiger partial charge in [-0.1, -0.05) is 6.07 Å². The van der Waals surface area contributed by atoms with E-state index in [0.717, 1.165) is 29.7 Å². The first-order chi connectivity index (χ1) is 12.4. The maximum atomic E-state index is 12.2. The fraction of sp³-hybridized carbons (Fsp3) is 0.450. The lowest BCUT2D eigenvalue weighted by Gasteiger charge is -2.34. The number of anilines is 3. The number of ether oxygens (including phenoxy) is 1. The van der Waals surface area contributed by atoms with Crippen molar-refractivity contribution in [3.8, 4) is 0 Å². The highest BCUT2D eigenvalue weighted by Gasteiger charge is 2.33. The highest BCUT2D eigenvalue weighted by molar-refractivity contribution is 5.81. The van der Waals surface area contributed by atoms with Gasteiger partial charge in [0.2, 0.25) is 0 Å². The van der Waals surface area contributed by atoms with Crippen molar-refractivity contribution in [3.63, 3.8) is 0 Å². The Morgan fingerprint density at radius 2 is 1.88 bits per heavy atom. The summed E-state index contributed by atoms with van der Waals surface area (Å²) in [5.41, 5.74) is 2.67. The highest BCUT2D eigenvalue weighted by Crippen LogP contribution is 2.29. The molecule has 138 valence electrons. The zero-order chi connectivity index (χ0) is 18.8. The van der Waals surface area contributed by atoms with E-state index in [-0.39, 0.29) is 11.9 Å². The molecular formula is C20H24N2O4. The van der Waals surface area contributed by atoms with E-state index in [9.17, 15) is 14.4 Å². The van der Waals surface area contributed by atoms with E-state index in [1.807, 2.05) is 36.9 Å². The minimum absolute atomic E-state index is 0.236. The molecule has 0 unspecified atom stereocenters. The molecule has 1 aliphatic rings. The summed E-state index contributed by atoms with van der Waals surface area (Å²) >= 11 is 0. The molecule has 2 aromatic carbocycles. The molecule has 26 heavy (non-hydrogen) atoms. The predicted molar refractivity (Wildman–Crippen MR) is 102 cm³/mol. The summed E-state index contributed by atoms with van der Waals surface area (Å²) < 4.78 is 5.11. The van der Waals surface area contributed by atoms with Gasteiger partial charge in [0, 0.05) is 18.8 Å². The molecule has 0 bridgehead atoms. The molecule has 0 amide bonds. The second-order valence-corrected chi connectivity index (χ2v) is 6.92. The van der Waals surface area contributed by atoms with Crippen LogP contribution in [-0.4, -0.2) is 25.7 Å². The maximum Gasteiger partial charge on any atom is 0.310 e. The van der Waals surface area contributed by atoms with Crippen LogP contribution in [-0.2, 0) is 9.53 Å². The fourth-order valence-electron chi connectivity index (χ4n) is 3.62. The molecule has 0 radical (unpaired) electrons. The van der Waals surface area contributed by atoms with Crippen molar-refractivity contribution in [1.29, 1.82) is 0 Å². The lowest BCUT2D eigenvalue weighted by atomic mass is 9.96. The molecule has 1 atom stereocenters. The van der Waals surface area contributed by atoms with Crippen LogP contribution in [0.2, 0.25) is 0 Å². The lowest BCUT2D eigenvalue weighted by Crippen LogP contribution is -2.47. The Morgan fingerprint density at radius 3 is 2.54 bits per heavy atom. The molecule has 0 aromatic heterocycles. The molecule has 1 aliphatic heterocycles. The van der Waals surface area contributed by atoms with Gasteiger partial charge < -0.3 is 15.0 Å². The summed E-state index contributed by atoms with van der Waals surface area (Å²) in [5, 5.41) is 3.11. The van der Waals surface area contributed by atoms with Gasteiger partial charge in [-0.3, -0.25) is 14.4 Å². The van der Waals surface area contributed by atoms with Crippen LogP contribution in [0.25, 0.3) is 0 Å². The molecule has 0 aliphatic carbocycles. The van der Waals surface area contributed by atoms with Gasteiger partial charge in [-0.2, -0.15) is 0 Å². The molecular weight excluding hydrogens is 332 g/mol. The van der Waals surface area contributed by atoms with Gasteiger partial charge in [0.15, 0.2) is 0 Å². The van der Waals surface area contributed by atoms with Crippen LogP contribution in [0, 0.1) is 19.8 Å². The topological polar surface area (TPSA) is 75.7 Å². The summed E-state index contributed by atoms with van der Waals surface area (Å²) in [5.74, 6) is -0.498. The van der Waals surface area contributed by atoms with Gasteiger partial charge in [-0.05, 0) is 56.9 Å². The van der Waals surface area contributed by atoms with Gasteiger partial charge in [0.1, 0.15) is 11.4 Å². The minimum Gasteiger partial charge on any atom is -0.466 e. The first-order valence-corrected chi connectivity index (χ1v) is 9.01. The summed E-state index contributed by atoms with van der Waals surface area (Å²) in [7, 11) is 0. The number of nitrogens with zero attached hydrogens (tertiary/aromatic N) is 1. The second kappa shape index (κ2) is 7.32. The molecule has 2 aromatic rings. The zero-order valence-corrected chi connectivity index (χ0v) is 15.4. The van der Waals surface area contributed by atoms with Crippen molar-refractivity contribution in [2.45, 2.75) is 33.6 Å². The predicted octanol–water partition coefficient (Wildman–Crippen LogP) is 2.42. The molecule has 6 heteroatoms. The second-order valence-electron chi connectivity index (χ2n) is 6.92. The smallest absolute Gasteiger partial charge is 0.310 e. The Kier molecular flexibility index (Phi) is 5.11. The van der Waals surface area contributed by atoms with E-state index in [4.69, 9.17) is 4.74 Å². The molecule has 1 saturated heterocycles. The third-order valence-corrected chi connectivity index (χ3v) is 4.73. The molecule has 1 heterocycles. The Bertz CT molecular complexity index is 876. The number of carbonyl (C=O) groups excluding carboxylic acids is 1. The van der Waals surface area contributed by atoms with Crippen LogP contribution < -0.4 is 21.1 Å². The zero-order valence-electron chi connectivity index (χ0n) is 15.4.